The number of hydrogen-bond donors (Lipinski definition) is 1. The monoisotopic (exact) mass is 275 g/mol. The van der Waals surface area contributed by atoms with Crippen molar-refractivity contribution in [3.63, 3.8) is 0 Å². The molecule has 0 fully saturated rings. The Morgan fingerprint density at radius 1 is 1.58 bits per heavy atom. The quantitative estimate of drug-likeness (QED) is 0.727. The molecule has 0 amide bonds. The zero-order valence-corrected chi connectivity index (χ0v) is 8.49. The van der Waals surface area contributed by atoms with Gasteiger partial charge in [-0.15, -0.1) is 0 Å². The highest BCUT2D eigenvalue weighted by Gasteiger charge is 2.02. The first kappa shape index (κ1) is 7.78. The lowest BCUT2D eigenvalue weighted by molar-refractivity contribution is 1.06. The standard InChI is InChI=1S/C7H6IN3O/c1-4-2-11-3-5(8)10-7(12)6(11)9-4/h2-3H,1H3,(H,10,12). The topological polar surface area (TPSA) is 50.2 Å². The Morgan fingerprint density at radius 3 is 3.08 bits per heavy atom. The molecule has 0 aromatic carbocycles. The van der Waals surface area contributed by atoms with E-state index in [9.17, 15) is 4.79 Å². The summed E-state index contributed by atoms with van der Waals surface area (Å²) >= 11 is 2.06. The van der Waals surface area contributed by atoms with E-state index in [1.54, 1.807) is 4.40 Å². The Hall–Kier alpha value is -0.850. The number of hydrogen-bond acceptors (Lipinski definition) is 2. The van der Waals surface area contributed by atoms with Gasteiger partial charge in [-0.25, -0.2) is 4.98 Å². The Kier molecular flexibility index (Phi) is 1.67. The summed E-state index contributed by atoms with van der Waals surface area (Å²) < 4.78 is 2.54. The van der Waals surface area contributed by atoms with Crippen LogP contribution in [0.1, 0.15) is 5.69 Å². The molecule has 0 unspecified atom stereocenters. The van der Waals surface area contributed by atoms with Crippen LogP contribution in [0.2, 0.25) is 0 Å². The summed E-state index contributed by atoms with van der Waals surface area (Å²) in [7, 11) is 0. The average Bonchev–Trinajstić information content (AvgIpc) is 2.29. The van der Waals surface area contributed by atoms with Crippen LogP contribution < -0.4 is 5.56 Å². The summed E-state index contributed by atoms with van der Waals surface area (Å²) in [6.45, 7) is 1.86. The van der Waals surface area contributed by atoms with Gasteiger partial charge in [0.1, 0.15) is 0 Å². The van der Waals surface area contributed by atoms with Crippen LogP contribution in [0.15, 0.2) is 17.2 Å². The minimum atomic E-state index is -0.144. The zero-order valence-electron chi connectivity index (χ0n) is 6.34. The number of aryl methyl sites for hydroxylation is 1. The van der Waals surface area contributed by atoms with Crippen molar-refractivity contribution >= 4 is 28.2 Å². The van der Waals surface area contributed by atoms with E-state index in [2.05, 4.69) is 32.6 Å². The molecule has 0 aliphatic rings. The van der Waals surface area contributed by atoms with Gasteiger partial charge in [-0.1, -0.05) is 0 Å². The van der Waals surface area contributed by atoms with Crippen LogP contribution in [0.5, 0.6) is 0 Å². The van der Waals surface area contributed by atoms with Crippen LogP contribution in [-0.2, 0) is 0 Å². The van der Waals surface area contributed by atoms with Crippen molar-refractivity contribution in [3.8, 4) is 0 Å². The second-order valence-corrected chi connectivity index (χ2v) is 3.71. The summed E-state index contributed by atoms with van der Waals surface area (Å²) in [5, 5.41) is 0. The molecule has 12 heavy (non-hydrogen) atoms. The first-order valence-corrected chi connectivity index (χ1v) is 4.49. The predicted molar refractivity (Wildman–Crippen MR) is 53.3 cm³/mol. The number of imidazole rings is 1. The fourth-order valence-electron chi connectivity index (χ4n) is 1.10. The smallest absolute Gasteiger partial charge is 0.292 e. The summed E-state index contributed by atoms with van der Waals surface area (Å²) in [6, 6.07) is 0. The van der Waals surface area contributed by atoms with Crippen molar-refractivity contribution in [2.45, 2.75) is 6.92 Å². The number of aromatic amines is 1. The molecular weight excluding hydrogens is 269 g/mol. The van der Waals surface area contributed by atoms with E-state index < -0.39 is 0 Å². The predicted octanol–water partition coefficient (Wildman–Crippen LogP) is 0.936. The van der Waals surface area contributed by atoms with Crippen molar-refractivity contribution in [2.24, 2.45) is 0 Å². The molecule has 2 aromatic heterocycles. The fourth-order valence-corrected chi connectivity index (χ4v) is 1.65. The number of halogens is 1. The van der Waals surface area contributed by atoms with Crippen molar-refractivity contribution in [2.75, 3.05) is 0 Å². The molecule has 0 aliphatic carbocycles. The average molecular weight is 275 g/mol. The minimum Gasteiger partial charge on any atom is -0.313 e. The third-order valence-corrected chi connectivity index (χ3v) is 2.09. The number of nitrogens with one attached hydrogen (secondary N) is 1. The molecule has 4 nitrogen and oxygen atoms in total. The number of aromatic nitrogens is 3. The number of fused-ring (bicyclic) bond motifs is 1. The Bertz CT molecular complexity index is 485. The molecule has 0 radical (unpaired) electrons. The first-order valence-electron chi connectivity index (χ1n) is 3.41. The van der Waals surface area contributed by atoms with Gasteiger partial charge in [-0.05, 0) is 29.5 Å². The van der Waals surface area contributed by atoms with Crippen LogP contribution in [-0.4, -0.2) is 14.4 Å². The largest absolute Gasteiger partial charge is 0.313 e. The third-order valence-electron chi connectivity index (χ3n) is 1.54. The number of rotatable bonds is 0. The van der Waals surface area contributed by atoms with E-state index in [1.807, 2.05) is 19.3 Å². The normalized spacial score (nSPS) is 10.8. The van der Waals surface area contributed by atoms with E-state index in [0.717, 1.165) is 9.39 Å². The molecule has 0 bridgehead atoms. The lowest BCUT2D eigenvalue weighted by Crippen LogP contribution is -2.10. The van der Waals surface area contributed by atoms with E-state index in [-0.39, 0.29) is 5.56 Å². The van der Waals surface area contributed by atoms with Gasteiger partial charge in [0.2, 0.25) is 5.65 Å². The Morgan fingerprint density at radius 2 is 2.33 bits per heavy atom. The van der Waals surface area contributed by atoms with Gasteiger partial charge < -0.3 is 4.98 Å². The highest BCUT2D eigenvalue weighted by Crippen LogP contribution is 2.01. The molecule has 2 aromatic rings. The maximum Gasteiger partial charge on any atom is 0.292 e. The second kappa shape index (κ2) is 2.58. The maximum atomic E-state index is 11.3. The molecule has 62 valence electrons. The Labute approximate surface area is 81.8 Å². The van der Waals surface area contributed by atoms with Gasteiger partial charge in [-0.3, -0.25) is 9.20 Å². The van der Waals surface area contributed by atoms with Gasteiger partial charge in [-0.2, -0.15) is 0 Å². The number of nitrogens with zero attached hydrogens (tertiary/aromatic N) is 2. The second-order valence-electron chi connectivity index (χ2n) is 2.54. The molecule has 0 aliphatic heterocycles. The summed E-state index contributed by atoms with van der Waals surface area (Å²) in [5.41, 5.74) is 1.16. The van der Waals surface area contributed by atoms with Crippen molar-refractivity contribution in [3.05, 3.63) is 32.1 Å². The van der Waals surface area contributed by atoms with Crippen LogP contribution in [0.3, 0.4) is 0 Å². The first-order chi connectivity index (χ1) is 5.66. The van der Waals surface area contributed by atoms with E-state index in [4.69, 9.17) is 0 Å². The lowest BCUT2D eigenvalue weighted by Gasteiger charge is -1.92. The van der Waals surface area contributed by atoms with E-state index >= 15 is 0 Å². The fraction of sp³-hybridized carbons (Fsp3) is 0.143. The van der Waals surface area contributed by atoms with Crippen molar-refractivity contribution < 1.29 is 0 Å². The molecular formula is C7H6IN3O. The highest BCUT2D eigenvalue weighted by molar-refractivity contribution is 14.1. The van der Waals surface area contributed by atoms with Crippen molar-refractivity contribution in [1.29, 1.82) is 0 Å². The summed E-state index contributed by atoms with van der Waals surface area (Å²) in [4.78, 5) is 18.0. The molecule has 0 spiro atoms. The molecule has 0 atom stereocenters. The highest BCUT2D eigenvalue weighted by atomic mass is 127. The van der Waals surface area contributed by atoms with Gasteiger partial charge in [0.05, 0.1) is 9.39 Å². The summed E-state index contributed by atoms with van der Waals surface area (Å²) in [6.07, 6.45) is 3.66. The molecule has 2 heterocycles. The SMILES string of the molecule is Cc1cn2cc(I)[nH]c(=O)c2n1. The number of H-pyrrole nitrogens is 1. The molecule has 2 rings (SSSR count). The molecule has 1 N–H and O–H groups in total. The molecule has 0 saturated heterocycles. The zero-order chi connectivity index (χ0) is 8.72. The maximum absolute atomic E-state index is 11.3. The molecule has 0 saturated carbocycles. The summed E-state index contributed by atoms with van der Waals surface area (Å²) in [5.74, 6) is 0. The van der Waals surface area contributed by atoms with Gasteiger partial charge in [0.25, 0.3) is 5.56 Å². The van der Waals surface area contributed by atoms with Crippen LogP contribution in [0.25, 0.3) is 5.65 Å². The van der Waals surface area contributed by atoms with Gasteiger partial charge in [0, 0.05) is 12.4 Å². The van der Waals surface area contributed by atoms with Crippen LogP contribution >= 0.6 is 22.6 Å². The van der Waals surface area contributed by atoms with E-state index in [1.165, 1.54) is 0 Å². The van der Waals surface area contributed by atoms with Crippen LogP contribution in [0, 0.1) is 10.6 Å². The third kappa shape index (κ3) is 1.13. The van der Waals surface area contributed by atoms with Gasteiger partial charge in [0.15, 0.2) is 0 Å². The van der Waals surface area contributed by atoms with Crippen LogP contribution in [0.4, 0.5) is 0 Å². The van der Waals surface area contributed by atoms with E-state index in [0.29, 0.717) is 5.65 Å². The molecule has 5 heteroatoms. The minimum absolute atomic E-state index is 0.144. The van der Waals surface area contributed by atoms with Crippen molar-refractivity contribution in [1.82, 2.24) is 14.4 Å². The Balaban J connectivity index is 2.98. The van der Waals surface area contributed by atoms with Gasteiger partial charge >= 0.3 is 0 Å². The lowest BCUT2D eigenvalue weighted by atomic mass is 10.6.